The standard InChI is InChI=1S/C20H22N2O6S/c1-13-3-5-16-15(11-13)22(29(2,24)25)8-7-18(28-16)20(23)21-14-4-6-17-19(12-14)27-10-9-26-17/h3-6,11-12,18H,7-10H2,1-2H3,(H,21,23). The Kier molecular flexibility index (Phi) is 4.99. The monoisotopic (exact) mass is 418 g/mol. The predicted octanol–water partition coefficient (Wildman–Crippen LogP) is 2.32. The van der Waals surface area contributed by atoms with Crippen molar-refractivity contribution in [2.75, 3.05) is 35.6 Å². The van der Waals surface area contributed by atoms with Crippen molar-refractivity contribution in [1.29, 1.82) is 0 Å². The molecule has 0 fully saturated rings. The van der Waals surface area contributed by atoms with Crippen LogP contribution in [0, 0.1) is 6.92 Å². The summed E-state index contributed by atoms with van der Waals surface area (Å²) in [7, 11) is -3.51. The fourth-order valence-electron chi connectivity index (χ4n) is 3.36. The highest BCUT2D eigenvalue weighted by atomic mass is 32.2. The first-order valence-corrected chi connectivity index (χ1v) is 11.1. The van der Waals surface area contributed by atoms with E-state index in [4.69, 9.17) is 14.2 Å². The van der Waals surface area contributed by atoms with Gasteiger partial charge < -0.3 is 19.5 Å². The second kappa shape index (κ2) is 7.47. The third-order valence-electron chi connectivity index (χ3n) is 4.75. The van der Waals surface area contributed by atoms with E-state index in [9.17, 15) is 13.2 Å². The van der Waals surface area contributed by atoms with Gasteiger partial charge in [0.05, 0.1) is 11.9 Å². The third kappa shape index (κ3) is 4.09. The normalized spacial score (nSPS) is 18.3. The smallest absolute Gasteiger partial charge is 0.265 e. The molecule has 2 aromatic rings. The van der Waals surface area contributed by atoms with Crippen LogP contribution in [0.4, 0.5) is 11.4 Å². The number of hydrogen-bond donors (Lipinski definition) is 1. The second-order valence-corrected chi connectivity index (χ2v) is 8.96. The molecule has 2 aromatic carbocycles. The van der Waals surface area contributed by atoms with Crippen LogP contribution in [0.3, 0.4) is 0 Å². The van der Waals surface area contributed by atoms with Crippen LogP contribution in [-0.2, 0) is 14.8 Å². The molecule has 9 heteroatoms. The van der Waals surface area contributed by atoms with Gasteiger partial charge in [-0.05, 0) is 36.8 Å². The highest BCUT2D eigenvalue weighted by Gasteiger charge is 2.31. The lowest BCUT2D eigenvalue weighted by atomic mass is 10.2. The number of anilines is 2. The largest absolute Gasteiger partial charge is 0.486 e. The zero-order chi connectivity index (χ0) is 20.6. The van der Waals surface area contributed by atoms with Crippen molar-refractivity contribution in [3.05, 3.63) is 42.0 Å². The second-order valence-electron chi connectivity index (χ2n) is 7.05. The van der Waals surface area contributed by atoms with Gasteiger partial charge in [0.2, 0.25) is 10.0 Å². The number of carbonyl (C=O) groups excluding carboxylic acids is 1. The summed E-state index contributed by atoms with van der Waals surface area (Å²) < 4.78 is 42.7. The first-order valence-electron chi connectivity index (χ1n) is 9.27. The molecule has 154 valence electrons. The number of nitrogens with zero attached hydrogens (tertiary/aromatic N) is 1. The summed E-state index contributed by atoms with van der Waals surface area (Å²) in [5.41, 5.74) is 1.90. The molecule has 29 heavy (non-hydrogen) atoms. The van der Waals surface area contributed by atoms with E-state index in [1.807, 2.05) is 13.0 Å². The summed E-state index contributed by atoms with van der Waals surface area (Å²) in [4.78, 5) is 12.8. The van der Waals surface area contributed by atoms with E-state index in [0.29, 0.717) is 41.8 Å². The SMILES string of the molecule is Cc1ccc2c(c1)N(S(C)(=O)=O)CCC(C(=O)Nc1ccc3c(c1)OCCO3)O2. The minimum absolute atomic E-state index is 0.147. The van der Waals surface area contributed by atoms with Gasteiger partial charge in [-0.3, -0.25) is 9.10 Å². The number of ether oxygens (including phenoxy) is 3. The zero-order valence-corrected chi connectivity index (χ0v) is 17.0. The number of nitrogens with one attached hydrogen (secondary N) is 1. The van der Waals surface area contributed by atoms with Crippen molar-refractivity contribution < 1.29 is 27.4 Å². The molecule has 0 radical (unpaired) electrons. The molecule has 2 heterocycles. The van der Waals surface area contributed by atoms with Crippen LogP contribution in [0.1, 0.15) is 12.0 Å². The Bertz CT molecular complexity index is 1050. The number of hydrogen-bond acceptors (Lipinski definition) is 6. The molecule has 2 aliphatic heterocycles. The summed E-state index contributed by atoms with van der Waals surface area (Å²) >= 11 is 0. The van der Waals surface area contributed by atoms with Crippen molar-refractivity contribution in [2.45, 2.75) is 19.4 Å². The lowest BCUT2D eigenvalue weighted by Crippen LogP contribution is -2.36. The lowest BCUT2D eigenvalue weighted by molar-refractivity contribution is -0.122. The van der Waals surface area contributed by atoms with Crippen LogP contribution in [0.5, 0.6) is 17.2 Å². The van der Waals surface area contributed by atoms with Crippen molar-refractivity contribution in [3.63, 3.8) is 0 Å². The van der Waals surface area contributed by atoms with Crippen molar-refractivity contribution in [2.24, 2.45) is 0 Å². The number of amides is 1. The summed E-state index contributed by atoms with van der Waals surface area (Å²) in [5.74, 6) is 1.21. The molecule has 4 rings (SSSR count). The molecule has 1 unspecified atom stereocenters. The van der Waals surface area contributed by atoms with E-state index in [1.165, 1.54) is 4.31 Å². The highest BCUT2D eigenvalue weighted by molar-refractivity contribution is 7.92. The van der Waals surface area contributed by atoms with Gasteiger partial charge in [0.1, 0.15) is 19.0 Å². The van der Waals surface area contributed by atoms with Crippen molar-refractivity contribution >= 4 is 27.3 Å². The fourth-order valence-corrected chi connectivity index (χ4v) is 4.30. The number of rotatable bonds is 3. The molecule has 0 saturated carbocycles. The Morgan fingerprint density at radius 2 is 1.79 bits per heavy atom. The number of sulfonamides is 1. The van der Waals surface area contributed by atoms with Crippen LogP contribution in [0.25, 0.3) is 0 Å². The molecule has 8 nitrogen and oxygen atoms in total. The van der Waals surface area contributed by atoms with Crippen LogP contribution < -0.4 is 23.8 Å². The number of benzene rings is 2. The Hall–Kier alpha value is -2.94. The van der Waals surface area contributed by atoms with E-state index < -0.39 is 16.1 Å². The van der Waals surface area contributed by atoms with E-state index in [-0.39, 0.29) is 18.9 Å². The molecule has 0 bridgehead atoms. The minimum Gasteiger partial charge on any atom is -0.486 e. The fraction of sp³-hybridized carbons (Fsp3) is 0.350. The summed E-state index contributed by atoms with van der Waals surface area (Å²) in [6.45, 7) is 2.96. The van der Waals surface area contributed by atoms with E-state index >= 15 is 0 Å². The molecule has 1 amide bonds. The molecule has 0 aromatic heterocycles. The molecule has 0 saturated heterocycles. The maximum atomic E-state index is 12.8. The summed E-state index contributed by atoms with van der Waals surface area (Å²) in [5, 5.41) is 2.82. The molecule has 0 spiro atoms. The van der Waals surface area contributed by atoms with Gasteiger partial charge >= 0.3 is 0 Å². The lowest BCUT2D eigenvalue weighted by Gasteiger charge is -2.21. The maximum absolute atomic E-state index is 12.8. The van der Waals surface area contributed by atoms with Gasteiger partial charge in [-0.2, -0.15) is 0 Å². The van der Waals surface area contributed by atoms with Crippen LogP contribution in [-0.4, -0.2) is 46.4 Å². The van der Waals surface area contributed by atoms with Crippen LogP contribution in [0.2, 0.25) is 0 Å². The number of carbonyl (C=O) groups is 1. The summed E-state index contributed by atoms with van der Waals surface area (Å²) in [6.07, 6.45) is 0.530. The van der Waals surface area contributed by atoms with E-state index in [1.54, 1.807) is 30.3 Å². The molecule has 0 aliphatic carbocycles. The quantitative estimate of drug-likeness (QED) is 0.822. The van der Waals surface area contributed by atoms with Crippen LogP contribution >= 0.6 is 0 Å². The topological polar surface area (TPSA) is 94.2 Å². The molecular weight excluding hydrogens is 396 g/mol. The Balaban J connectivity index is 1.56. The van der Waals surface area contributed by atoms with E-state index in [0.717, 1.165) is 11.8 Å². The number of fused-ring (bicyclic) bond motifs is 2. The molecule has 2 aliphatic rings. The third-order valence-corrected chi connectivity index (χ3v) is 5.93. The maximum Gasteiger partial charge on any atom is 0.265 e. The van der Waals surface area contributed by atoms with Gasteiger partial charge in [0.25, 0.3) is 5.91 Å². The average Bonchev–Trinajstić information content (AvgIpc) is 2.87. The Morgan fingerprint density at radius 3 is 2.55 bits per heavy atom. The van der Waals surface area contributed by atoms with Crippen molar-refractivity contribution in [1.82, 2.24) is 0 Å². The Labute approximate surface area is 169 Å². The van der Waals surface area contributed by atoms with Gasteiger partial charge in [0.15, 0.2) is 17.6 Å². The highest BCUT2D eigenvalue weighted by Crippen LogP contribution is 2.36. The van der Waals surface area contributed by atoms with Gasteiger partial charge in [0, 0.05) is 24.7 Å². The molecular formula is C20H22N2O6S. The zero-order valence-electron chi connectivity index (χ0n) is 16.2. The first-order chi connectivity index (χ1) is 13.8. The van der Waals surface area contributed by atoms with Gasteiger partial charge in [-0.1, -0.05) is 6.07 Å². The van der Waals surface area contributed by atoms with Crippen molar-refractivity contribution in [3.8, 4) is 17.2 Å². The van der Waals surface area contributed by atoms with E-state index in [2.05, 4.69) is 5.32 Å². The first kappa shape index (κ1) is 19.4. The molecule has 1 atom stereocenters. The average molecular weight is 418 g/mol. The number of aryl methyl sites for hydroxylation is 1. The minimum atomic E-state index is -3.51. The Morgan fingerprint density at radius 1 is 1.07 bits per heavy atom. The predicted molar refractivity (Wildman–Crippen MR) is 108 cm³/mol. The van der Waals surface area contributed by atoms with Gasteiger partial charge in [-0.15, -0.1) is 0 Å². The summed E-state index contributed by atoms with van der Waals surface area (Å²) in [6, 6.07) is 10.4. The molecule has 1 N–H and O–H groups in total. The van der Waals surface area contributed by atoms with Crippen LogP contribution in [0.15, 0.2) is 36.4 Å². The van der Waals surface area contributed by atoms with Gasteiger partial charge in [-0.25, -0.2) is 8.42 Å².